The molecule has 5 nitrogen and oxygen atoms in total. The van der Waals surface area contributed by atoms with Crippen molar-refractivity contribution in [2.75, 3.05) is 4.90 Å². The normalized spacial score (nSPS) is 22.1. The van der Waals surface area contributed by atoms with E-state index in [4.69, 9.17) is 0 Å². The number of nitrogens with zero attached hydrogens (tertiary/aromatic N) is 2. The second-order valence-corrected chi connectivity index (χ2v) is 4.23. The summed E-state index contributed by atoms with van der Waals surface area (Å²) in [5.41, 5.74) is 1.89. The number of anilines is 1. The van der Waals surface area contributed by atoms with Crippen LogP contribution in [0.5, 0.6) is 0 Å². The molecule has 0 radical (unpaired) electrons. The van der Waals surface area contributed by atoms with E-state index in [0.717, 1.165) is 24.1 Å². The van der Waals surface area contributed by atoms with Crippen molar-refractivity contribution < 1.29 is 9.72 Å². The Hall–Kier alpha value is -1.91. The van der Waals surface area contributed by atoms with Crippen molar-refractivity contribution in [1.29, 1.82) is 0 Å². The molecule has 2 aliphatic rings. The molecule has 0 spiro atoms. The maximum atomic E-state index is 11.6. The van der Waals surface area contributed by atoms with E-state index >= 15 is 0 Å². The van der Waals surface area contributed by atoms with Crippen LogP contribution in [0, 0.1) is 10.1 Å². The average Bonchev–Trinajstić information content (AvgIpc) is 2.77. The Balaban J connectivity index is 2.06. The molecule has 1 amide bonds. The molecule has 0 aromatic heterocycles. The van der Waals surface area contributed by atoms with Crippen LogP contribution in [-0.2, 0) is 11.2 Å². The molecule has 0 N–H and O–H groups in total. The highest BCUT2D eigenvalue weighted by Gasteiger charge is 2.39. The van der Waals surface area contributed by atoms with Gasteiger partial charge in [0.05, 0.1) is 4.92 Å². The molecule has 0 bridgehead atoms. The van der Waals surface area contributed by atoms with Crippen LogP contribution in [0.25, 0.3) is 0 Å². The first kappa shape index (κ1) is 9.33. The molecule has 1 fully saturated rings. The summed E-state index contributed by atoms with van der Waals surface area (Å²) in [5, 5.41) is 10.6. The van der Waals surface area contributed by atoms with Crippen molar-refractivity contribution in [1.82, 2.24) is 0 Å². The average molecular weight is 218 g/mol. The van der Waals surface area contributed by atoms with Crippen molar-refractivity contribution >= 4 is 17.3 Å². The lowest BCUT2D eigenvalue weighted by molar-refractivity contribution is -0.384. The molecule has 16 heavy (non-hydrogen) atoms. The highest BCUT2D eigenvalue weighted by atomic mass is 16.6. The first-order chi connectivity index (χ1) is 7.66. The predicted octanol–water partition coefficient (Wildman–Crippen LogP) is 1.65. The van der Waals surface area contributed by atoms with Crippen molar-refractivity contribution in [3.8, 4) is 0 Å². The molecule has 1 unspecified atom stereocenters. The molecule has 0 saturated carbocycles. The number of nitro benzene ring substituents is 1. The van der Waals surface area contributed by atoms with E-state index in [0.29, 0.717) is 6.42 Å². The summed E-state index contributed by atoms with van der Waals surface area (Å²) >= 11 is 0. The molecule has 1 saturated heterocycles. The quantitative estimate of drug-likeness (QED) is 0.531. The third-order valence-corrected chi connectivity index (χ3v) is 3.31. The van der Waals surface area contributed by atoms with Gasteiger partial charge < -0.3 is 4.90 Å². The number of nitro groups is 1. The van der Waals surface area contributed by atoms with Gasteiger partial charge in [-0.1, -0.05) is 0 Å². The van der Waals surface area contributed by atoms with E-state index in [9.17, 15) is 14.9 Å². The second kappa shape index (κ2) is 3.04. The Morgan fingerprint density at radius 2 is 2.25 bits per heavy atom. The van der Waals surface area contributed by atoms with Gasteiger partial charge in [0.25, 0.3) is 5.69 Å². The van der Waals surface area contributed by atoms with Gasteiger partial charge in [0.15, 0.2) is 0 Å². The third-order valence-electron chi connectivity index (χ3n) is 3.31. The Morgan fingerprint density at radius 3 is 3.00 bits per heavy atom. The minimum Gasteiger partial charge on any atom is -0.309 e. The fourth-order valence-electron chi connectivity index (χ4n) is 2.61. The van der Waals surface area contributed by atoms with Gasteiger partial charge in [0, 0.05) is 30.3 Å². The summed E-state index contributed by atoms with van der Waals surface area (Å²) in [6.45, 7) is 0. The summed E-state index contributed by atoms with van der Waals surface area (Å²) in [7, 11) is 0. The smallest absolute Gasteiger partial charge is 0.269 e. The van der Waals surface area contributed by atoms with Crippen LogP contribution in [0.4, 0.5) is 11.4 Å². The van der Waals surface area contributed by atoms with E-state index in [1.165, 1.54) is 6.07 Å². The summed E-state index contributed by atoms with van der Waals surface area (Å²) in [6, 6.07) is 4.97. The van der Waals surface area contributed by atoms with Crippen molar-refractivity contribution in [2.24, 2.45) is 0 Å². The fraction of sp³-hybridized carbons (Fsp3) is 0.364. The van der Waals surface area contributed by atoms with Gasteiger partial charge in [0.1, 0.15) is 0 Å². The topological polar surface area (TPSA) is 63.4 Å². The number of fused-ring (bicyclic) bond motifs is 3. The number of hydrogen-bond donors (Lipinski definition) is 0. The van der Waals surface area contributed by atoms with E-state index in [2.05, 4.69) is 0 Å². The zero-order chi connectivity index (χ0) is 11.3. The molecule has 3 rings (SSSR count). The Kier molecular flexibility index (Phi) is 1.77. The molecule has 1 atom stereocenters. The van der Waals surface area contributed by atoms with Gasteiger partial charge in [0.2, 0.25) is 5.91 Å². The van der Waals surface area contributed by atoms with Crippen LogP contribution >= 0.6 is 0 Å². The number of non-ortho nitro benzene ring substituents is 1. The van der Waals surface area contributed by atoms with E-state index in [1.54, 1.807) is 17.0 Å². The van der Waals surface area contributed by atoms with Crippen LogP contribution in [0.2, 0.25) is 0 Å². The van der Waals surface area contributed by atoms with Crippen LogP contribution in [0.15, 0.2) is 18.2 Å². The van der Waals surface area contributed by atoms with Crippen molar-refractivity contribution in [3.63, 3.8) is 0 Å². The Labute approximate surface area is 91.8 Å². The zero-order valence-electron chi connectivity index (χ0n) is 8.55. The Morgan fingerprint density at radius 1 is 1.44 bits per heavy atom. The Bertz CT molecular complexity index is 498. The summed E-state index contributed by atoms with van der Waals surface area (Å²) < 4.78 is 0. The van der Waals surface area contributed by atoms with Gasteiger partial charge in [-0.2, -0.15) is 0 Å². The first-order valence-corrected chi connectivity index (χ1v) is 5.26. The highest BCUT2D eigenvalue weighted by molar-refractivity contribution is 5.98. The van der Waals surface area contributed by atoms with Gasteiger partial charge in [-0.3, -0.25) is 14.9 Å². The SMILES string of the molecule is O=C1CCC2Cc3cc([N+](=O)[O-])ccc3N12. The van der Waals surface area contributed by atoms with Crippen molar-refractivity contribution in [2.45, 2.75) is 25.3 Å². The number of hydrogen-bond acceptors (Lipinski definition) is 3. The summed E-state index contributed by atoms with van der Waals surface area (Å²) in [6.07, 6.45) is 2.21. The molecule has 82 valence electrons. The summed E-state index contributed by atoms with van der Waals surface area (Å²) in [5.74, 6) is 0.137. The second-order valence-electron chi connectivity index (χ2n) is 4.23. The first-order valence-electron chi connectivity index (χ1n) is 5.26. The molecule has 0 aliphatic carbocycles. The molecule has 2 heterocycles. The monoisotopic (exact) mass is 218 g/mol. The molecular formula is C11H10N2O3. The number of amides is 1. The van der Waals surface area contributed by atoms with E-state index < -0.39 is 4.92 Å². The minimum absolute atomic E-state index is 0.104. The number of carbonyl (C=O) groups excluding carboxylic acids is 1. The highest BCUT2D eigenvalue weighted by Crippen LogP contribution is 2.39. The van der Waals surface area contributed by atoms with E-state index in [-0.39, 0.29) is 17.6 Å². The third kappa shape index (κ3) is 1.14. The lowest BCUT2D eigenvalue weighted by Gasteiger charge is -2.15. The number of rotatable bonds is 1. The molecule has 1 aromatic rings. The number of benzene rings is 1. The van der Waals surface area contributed by atoms with Gasteiger partial charge in [-0.25, -0.2) is 0 Å². The van der Waals surface area contributed by atoms with Crippen LogP contribution in [0.3, 0.4) is 0 Å². The van der Waals surface area contributed by atoms with Crippen molar-refractivity contribution in [3.05, 3.63) is 33.9 Å². The predicted molar refractivity (Wildman–Crippen MR) is 57.3 cm³/mol. The number of carbonyl (C=O) groups is 1. The summed E-state index contributed by atoms with van der Waals surface area (Å²) in [4.78, 5) is 23.7. The van der Waals surface area contributed by atoms with Gasteiger partial charge in [-0.05, 0) is 24.5 Å². The van der Waals surface area contributed by atoms with Gasteiger partial charge >= 0.3 is 0 Å². The van der Waals surface area contributed by atoms with Gasteiger partial charge in [-0.15, -0.1) is 0 Å². The molecular weight excluding hydrogens is 208 g/mol. The minimum atomic E-state index is -0.397. The van der Waals surface area contributed by atoms with Crippen LogP contribution < -0.4 is 4.90 Å². The maximum Gasteiger partial charge on any atom is 0.269 e. The van der Waals surface area contributed by atoms with E-state index in [1.807, 2.05) is 0 Å². The maximum absolute atomic E-state index is 11.6. The largest absolute Gasteiger partial charge is 0.309 e. The molecule has 1 aromatic carbocycles. The van der Waals surface area contributed by atoms with Crippen LogP contribution in [-0.4, -0.2) is 16.9 Å². The fourth-order valence-corrected chi connectivity index (χ4v) is 2.61. The van der Waals surface area contributed by atoms with Crippen LogP contribution in [0.1, 0.15) is 18.4 Å². The molecule has 2 aliphatic heterocycles. The molecule has 5 heteroatoms. The zero-order valence-corrected chi connectivity index (χ0v) is 8.55. The lowest BCUT2D eigenvalue weighted by Crippen LogP contribution is -2.28. The standard InChI is InChI=1S/C11H10N2O3/c14-11-4-2-8-5-7-6-9(13(15)16)1-3-10(7)12(8)11/h1,3,6,8H,2,4-5H2. The lowest BCUT2D eigenvalue weighted by atomic mass is 10.1.